The molecule has 0 heterocycles. The highest BCUT2D eigenvalue weighted by atomic mass is 32.2. The first-order chi connectivity index (χ1) is 10.4. The van der Waals surface area contributed by atoms with E-state index in [2.05, 4.69) is 10.1 Å². The molecule has 0 saturated heterocycles. The molecule has 2 N–H and O–H groups in total. The van der Waals surface area contributed by atoms with E-state index in [1.165, 1.54) is 24.3 Å². The molecule has 2 aromatic carbocycles. The predicted octanol–water partition coefficient (Wildman–Crippen LogP) is 1.72. The molecule has 2 rings (SSSR count). The Hall–Kier alpha value is -2.71. The van der Waals surface area contributed by atoms with Crippen molar-refractivity contribution in [1.82, 2.24) is 0 Å². The fourth-order valence-electron chi connectivity index (χ4n) is 1.65. The molecule has 0 spiro atoms. The van der Waals surface area contributed by atoms with Crippen LogP contribution in [-0.4, -0.2) is 25.3 Å². The zero-order chi connectivity index (χ0) is 16.2. The summed E-state index contributed by atoms with van der Waals surface area (Å²) >= 11 is 0. The Labute approximate surface area is 126 Å². The van der Waals surface area contributed by atoms with Gasteiger partial charge in [-0.15, -0.1) is 0 Å². The molecular formula is C14H11NO6S. The van der Waals surface area contributed by atoms with E-state index in [-0.39, 0.29) is 10.5 Å². The Morgan fingerprint density at radius 3 is 2.14 bits per heavy atom. The van der Waals surface area contributed by atoms with Crippen LogP contribution in [0.15, 0.2) is 53.4 Å². The average Bonchev–Trinajstić information content (AvgIpc) is 2.49. The van der Waals surface area contributed by atoms with Gasteiger partial charge in [0.1, 0.15) is 5.75 Å². The van der Waals surface area contributed by atoms with Gasteiger partial charge in [-0.25, -0.2) is 0 Å². The van der Waals surface area contributed by atoms with Crippen LogP contribution in [0.3, 0.4) is 0 Å². The Morgan fingerprint density at radius 1 is 1.05 bits per heavy atom. The van der Waals surface area contributed by atoms with Gasteiger partial charge in [0.15, 0.2) is 0 Å². The van der Waals surface area contributed by atoms with E-state index in [9.17, 15) is 18.0 Å². The maximum absolute atomic E-state index is 12.0. The fourth-order valence-corrected chi connectivity index (χ4v) is 2.13. The molecule has 0 radical (unpaired) electrons. The quantitative estimate of drug-likeness (QED) is 0.641. The van der Waals surface area contributed by atoms with Crippen molar-refractivity contribution in [3.8, 4) is 5.75 Å². The highest BCUT2D eigenvalue weighted by molar-refractivity contribution is 7.85. The molecule has 22 heavy (non-hydrogen) atoms. The van der Waals surface area contributed by atoms with Gasteiger partial charge in [0.2, 0.25) is 0 Å². The van der Waals surface area contributed by atoms with Crippen LogP contribution in [0.5, 0.6) is 5.75 Å². The van der Waals surface area contributed by atoms with Crippen molar-refractivity contribution in [2.45, 2.75) is 4.90 Å². The third-order valence-electron chi connectivity index (χ3n) is 2.71. The number of carbonyl (C=O) groups is 2. The van der Waals surface area contributed by atoms with Crippen LogP contribution in [0.25, 0.3) is 0 Å². The lowest BCUT2D eigenvalue weighted by molar-refractivity contribution is -0.120. The van der Waals surface area contributed by atoms with Crippen molar-refractivity contribution in [2.75, 3.05) is 5.32 Å². The normalized spacial score (nSPS) is 10.8. The number of ether oxygens (including phenoxy) is 1. The summed E-state index contributed by atoms with van der Waals surface area (Å²) in [5.74, 6) is -0.114. The smallest absolute Gasteiger partial charge is 0.298 e. The van der Waals surface area contributed by atoms with Gasteiger partial charge in [0.25, 0.3) is 22.5 Å². The van der Waals surface area contributed by atoms with E-state index in [1.54, 1.807) is 12.1 Å². The van der Waals surface area contributed by atoms with Gasteiger partial charge in [-0.05, 0) is 48.5 Å². The van der Waals surface area contributed by atoms with E-state index in [4.69, 9.17) is 4.55 Å². The molecule has 0 aliphatic rings. The van der Waals surface area contributed by atoms with Gasteiger partial charge in [0, 0.05) is 11.3 Å². The molecule has 7 nitrogen and oxygen atoms in total. The molecule has 0 fully saturated rings. The lowest BCUT2D eigenvalue weighted by atomic mass is 10.2. The van der Waals surface area contributed by atoms with Crippen molar-refractivity contribution in [3.63, 3.8) is 0 Å². The van der Waals surface area contributed by atoms with E-state index in [0.29, 0.717) is 17.9 Å². The van der Waals surface area contributed by atoms with Gasteiger partial charge in [-0.1, -0.05) is 0 Å². The highest BCUT2D eigenvalue weighted by Crippen LogP contribution is 2.16. The summed E-state index contributed by atoms with van der Waals surface area (Å²) in [6.45, 7) is 0.296. The van der Waals surface area contributed by atoms with Gasteiger partial charge >= 0.3 is 0 Å². The van der Waals surface area contributed by atoms with Gasteiger partial charge < -0.3 is 10.1 Å². The van der Waals surface area contributed by atoms with E-state index >= 15 is 0 Å². The number of hydrogen-bond donors (Lipinski definition) is 2. The number of rotatable bonds is 5. The molecule has 0 aliphatic heterocycles. The molecular weight excluding hydrogens is 310 g/mol. The SMILES string of the molecule is O=COc1ccc(NC(=O)c2ccc(S(=O)(=O)O)cc2)cc1. The summed E-state index contributed by atoms with van der Waals surface area (Å²) in [5.41, 5.74) is 0.697. The Kier molecular flexibility index (Phi) is 4.54. The number of benzene rings is 2. The second-order valence-electron chi connectivity index (χ2n) is 4.19. The van der Waals surface area contributed by atoms with Crippen LogP contribution in [0.2, 0.25) is 0 Å². The molecule has 0 aliphatic carbocycles. The molecule has 0 saturated carbocycles. The lowest BCUT2D eigenvalue weighted by Crippen LogP contribution is -2.12. The Balaban J connectivity index is 2.10. The molecule has 0 bridgehead atoms. The highest BCUT2D eigenvalue weighted by Gasteiger charge is 2.11. The summed E-state index contributed by atoms with van der Waals surface area (Å²) in [5, 5.41) is 2.59. The van der Waals surface area contributed by atoms with Crippen molar-refractivity contribution < 1.29 is 27.3 Å². The maximum Gasteiger partial charge on any atom is 0.298 e. The van der Waals surface area contributed by atoms with E-state index in [1.807, 2.05) is 0 Å². The topological polar surface area (TPSA) is 110 Å². The van der Waals surface area contributed by atoms with Crippen LogP contribution < -0.4 is 10.1 Å². The van der Waals surface area contributed by atoms with Crippen LogP contribution in [0, 0.1) is 0 Å². The summed E-state index contributed by atoms with van der Waals surface area (Å²) < 4.78 is 35.3. The van der Waals surface area contributed by atoms with Crippen LogP contribution >= 0.6 is 0 Å². The summed E-state index contributed by atoms with van der Waals surface area (Å²) in [7, 11) is -4.29. The minimum Gasteiger partial charge on any atom is -0.429 e. The molecule has 0 aromatic heterocycles. The minimum absolute atomic E-state index is 0.223. The number of carbonyl (C=O) groups excluding carboxylic acids is 2. The summed E-state index contributed by atoms with van der Waals surface area (Å²) in [6, 6.07) is 10.9. The number of amides is 1. The monoisotopic (exact) mass is 321 g/mol. The van der Waals surface area contributed by atoms with Crippen molar-refractivity contribution in [2.24, 2.45) is 0 Å². The van der Waals surface area contributed by atoms with Crippen molar-refractivity contribution in [1.29, 1.82) is 0 Å². The molecule has 2 aromatic rings. The van der Waals surface area contributed by atoms with Crippen molar-refractivity contribution in [3.05, 3.63) is 54.1 Å². The largest absolute Gasteiger partial charge is 0.429 e. The first-order valence-electron chi connectivity index (χ1n) is 5.99. The third-order valence-corrected chi connectivity index (χ3v) is 3.58. The molecule has 1 amide bonds. The van der Waals surface area contributed by atoms with Crippen LogP contribution in [-0.2, 0) is 14.9 Å². The number of hydrogen-bond acceptors (Lipinski definition) is 5. The van der Waals surface area contributed by atoms with Gasteiger partial charge in [-0.3, -0.25) is 14.1 Å². The minimum atomic E-state index is -4.29. The maximum atomic E-state index is 12.0. The van der Waals surface area contributed by atoms with E-state index in [0.717, 1.165) is 12.1 Å². The third kappa shape index (κ3) is 3.90. The first-order valence-corrected chi connectivity index (χ1v) is 7.43. The second kappa shape index (κ2) is 6.37. The first kappa shape index (κ1) is 15.7. The molecule has 0 atom stereocenters. The van der Waals surface area contributed by atoms with E-state index < -0.39 is 16.0 Å². The van der Waals surface area contributed by atoms with Crippen LogP contribution in [0.4, 0.5) is 5.69 Å². The standard InChI is InChI=1S/C14H11NO6S/c16-9-21-12-5-3-11(4-6-12)15-14(17)10-1-7-13(8-2-10)22(18,19)20/h1-9H,(H,15,17)(H,18,19,20). The number of nitrogens with one attached hydrogen (secondary N) is 1. The molecule has 8 heteroatoms. The predicted molar refractivity (Wildman–Crippen MR) is 77.3 cm³/mol. The Bertz CT molecular complexity index is 781. The lowest BCUT2D eigenvalue weighted by Gasteiger charge is -2.06. The number of anilines is 1. The van der Waals surface area contributed by atoms with Gasteiger partial charge in [-0.2, -0.15) is 8.42 Å². The second-order valence-corrected chi connectivity index (χ2v) is 5.61. The van der Waals surface area contributed by atoms with Crippen molar-refractivity contribution >= 4 is 28.2 Å². The summed E-state index contributed by atoms with van der Waals surface area (Å²) in [4.78, 5) is 21.9. The Morgan fingerprint density at radius 2 is 1.64 bits per heavy atom. The fraction of sp³-hybridized carbons (Fsp3) is 0. The van der Waals surface area contributed by atoms with Gasteiger partial charge in [0.05, 0.1) is 4.90 Å². The zero-order valence-corrected chi connectivity index (χ0v) is 11.9. The van der Waals surface area contributed by atoms with Crippen LogP contribution in [0.1, 0.15) is 10.4 Å². The molecule has 114 valence electrons. The summed E-state index contributed by atoms with van der Waals surface area (Å²) in [6.07, 6.45) is 0. The average molecular weight is 321 g/mol. The molecule has 0 unspecified atom stereocenters. The zero-order valence-electron chi connectivity index (χ0n) is 11.1.